The molecule has 12 heteroatoms. The predicted molar refractivity (Wildman–Crippen MR) is 189 cm³/mol. The van der Waals surface area contributed by atoms with Gasteiger partial charge in [0, 0.05) is 28.8 Å². The lowest BCUT2D eigenvalue weighted by Gasteiger charge is -2.37. The van der Waals surface area contributed by atoms with Gasteiger partial charge in [-0.15, -0.1) is 5.06 Å². The quantitative estimate of drug-likeness (QED) is 0.119. The first-order valence-electron chi connectivity index (χ1n) is 16.7. The van der Waals surface area contributed by atoms with Crippen LogP contribution in [0.5, 0.6) is 23.0 Å². The molecule has 1 fully saturated rings. The molecular weight excluding hydrogens is 654 g/mol. The summed E-state index contributed by atoms with van der Waals surface area (Å²) in [7, 11) is 4.90. The zero-order valence-electron chi connectivity index (χ0n) is 29.7. The Bertz CT molecular complexity index is 1940. The largest absolute Gasteiger partial charge is 0.528 e. The lowest BCUT2D eigenvalue weighted by atomic mass is 9.87. The maximum absolute atomic E-state index is 12.6. The van der Waals surface area contributed by atoms with E-state index in [1.165, 1.54) is 0 Å². The van der Waals surface area contributed by atoms with E-state index < -0.39 is 11.8 Å². The molecule has 4 aromatic carbocycles. The number of aromatic nitrogens is 2. The first kappa shape index (κ1) is 35.5. The van der Waals surface area contributed by atoms with Crippen LogP contribution in [0.1, 0.15) is 50.1 Å². The van der Waals surface area contributed by atoms with Crippen molar-refractivity contribution in [2.75, 3.05) is 34.4 Å². The summed E-state index contributed by atoms with van der Waals surface area (Å²) in [6.07, 6.45) is -0.431. The number of nitrogens with zero attached hydrogens (tertiary/aromatic N) is 3. The van der Waals surface area contributed by atoms with Crippen LogP contribution in [0.2, 0.25) is 0 Å². The van der Waals surface area contributed by atoms with Crippen LogP contribution in [0.4, 0.5) is 4.79 Å². The third kappa shape index (κ3) is 8.53. The van der Waals surface area contributed by atoms with Crippen LogP contribution in [0, 0.1) is 0 Å². The molecule has 0 bridgehead atoms. The van der Waals surface area contributed by atoms with E-state index in [2.05, 4.69) is 10.1 Å². The number of para-hydroxylation sites is 1. The Balaban J connectivity index is 1.17. The van der Waals surface area contributed by atoms with E-state index >= 15 is 0 Å². The summed E-state index contributed by atoms with van der Waals surface area (Å²) in [6, 6.07) is 25.2. The molecule has 5 aromatic rings. The molecule has 0 N–H and O–H groups in total. The van der Waals surface area contributed by atoms with E-state index in [1.807, 2.05) is 78.9 Å². The zero-order chi connectivity index (χ0) is 36.0. The van der Waals surface area contributed by atoms with Crippen molar-refractivity contribution in [3.63, 3.8) is 0 Å². The molecule has 0 radical (unpaired) electrons. The highest BCUT2D eigenvalue weighted by Gasteiger charge is 2.34. The lowest BCUT2D eigenvalue weighted by molar-refractivity contribution is -0.179. The average molecular weight is 698 g/mol. The number of carbonyl (C=O) groups is 1. The molecular formula is C39H43N3O9. The molecule has 0 amide bonds. The van der Waals surface area contributed by atoms with Crippen LogP contribution in [-0.2, 0) is 27.5 Å². The summed E-state index contributed by atoms with van der Waals surface area (Å²) in [6.45, 7) is 6.58. The summed E-state index contributed by atoms with van der Waals surface area (Å²) < 4.78 is 40.5. The van der Waals surface area contributed by atoms with E-state index in [1.54, 1.807) is 47.2 Å². The zero-order valence-corrected chi connectivity index (χ0v) is 29.7. The fourth-order valence-electron chi connectivity index (χ4n) is 6.19. The minimum atomic E-state index is -0.751. The topological polar surface area (TPSA) is 124 Å². The molecule has 1 aliphatic rings. The van der Waals surface area contributed by atoms with Crippen molar-refractivity contribution in [2.24, 2.45) is 0 Å². The monoisotopic (exact) mass is 697 g/mol. The molecule has 6 rings (SSSR count). The minimum Gasteiger partial charge on any atom is -0.496 e. The molecule has 1 saturated heterocycles. The van der Waals surface area contributed by atoms with Crippen LogP contribution >= 0.6 is 0 Å². The van der Waals surface area contributed by atoms with Crippen LogP contribution in [0.15, 0.2) is 83.4 Å². The molecule has 2 heterocycles. The van der Waals surface area contributed by atoms with Crippen LogP contribution in [0.25, 0.3) is 22.2 Å². The molecule has 0 aliphatic carbocycles. The number of methoxy groups -OCH3 is 3. The third-order valence-corrected chi connectivity index (χ3v) is 8.51. The Labute approximate surface area is 297 Å². The average Bonchev–Trinajstić information content (AvgIpc) is 3.61. The van der Waals surface area contributed by atoms with Gasteiger partial charge in [0.05, 0.1) is 46.1 Å². The maximum atomic E-state index is 12.6. The first-order valence-corrected chi connectivity index (χ1v) is 16.7. The SMILES string of the molecule is COc1ccccc1-c1noc(COc2ccc(C3CCN(OC(=O)OC(C)(C)C)CC3OCc3cc(OC)c4ccccc4c3OC)cc2)n1. The van der Waals surface area contributed by atoms with Gasteiger partial charge in [0.15, 0.2) is 6.61 Å². The lowest BCUT2D eigenvalue weighted by Crippen LogP contribution is -2.45. The second-order valence-corrected chi connectivity index (χ2v) is 13.1. The number of carbonyl (C=O) groups excluding carboxylic acids is 1. The number of ether oxygens (including phenoxy) is 6. The Morgan fingerprint density at radius 3 is 2.33 bits per heavy atom. The highest BCUT2D eigenvalue weighted by atomic mass is 16.8. The van der Waals surface area contributed by atoms with Crippen molar-refractivity contribution in [3.05, 3.63) is 95.9 Å². The standard InChI is InChI=1S/C39H43N3O9/c1-39(2,3)49-38(43)51-42-20-19-28(34(22-42)48-23-26-21-33(45-5)29-11-7-8-12-30(29)36(26)46-6)25-15-17-27(18-16-25)47-24-35-40-37(41-50-35)31-13-9-10-14-32(31)44-4/h7-18,21,28,34H,19-20,22-24H2,1-6H3. The first-order chi connectivity index (χ1) is 24.6. The Morgan fingerprint density at radius 2 is 1.61 bits per heavy atom. The molecule has 268 valence electrons. The predicted octanol–water partition coefficient (Wildman–Crippen LogP) is 7.74. The van der Waals surface area contributed by atoms with Crippen LogP contribution in [-0.4, -0.2) is 67.5 Å². The van der Waals surface area contributed by atoms with E-state index in [0.29, 0.717) is 42.7 Å². The molecule has 1 aliphatic heterocycles. The third-order valence-electron chi connectivity index (χ3n) is 8.51. The highest BCUT2D eigenvalue weighted by Crippen LogP contribution is 2.39. The van der Waals surface area contributed by atoms with Crippen molar-refractivity contribution in [3.8, 4) is 34.4 Å². The van der Waals surface area contributed by atoms with Crippen molar-refractivity contribution in [2.45, 2.75) is 58.0 Å². The molecule has 1 aromatic heterocycles. The van der Waals surface area contributed by atoms with Crippen molar-refractivity contribution < 1.29 is 42.6 Å². The van der Waals surface area contributed by atoms with Crippen molar-refractivity contribution >= 4 is 16.9 Å². The second-order valence-electron chi connectivity index (χ2n) is 13.1. The van der Waals surface area contributed by atoms with Gasteiger partial charge in [0.2, 0.25) is 5.82 Å². The number of hydroxylamine groups is 2. The van der Waals surface area contributed by atoms with Gasteiger partial charge in [0.1, 0.15) is 28.6 Å². The molecule has 2 atom stereocenters. The van der Waals surface area contributed by atoms with E-state index in [4.69, 9.17) is 37.8 Å². The van der Waals surface area contributed by atoms with Crippen LogP contribution < -0.4 is 18.9 Å². The number of piperidine rings is 1. The summed E-state index contributed by atoms with van der Waals surface area (Å²) in [4.78, 5) is 22.6. The summed E-state index contributed by atoms with van der Waals surface area (Å²) in [5, 5.41) is 7.58. The summed E-state index contributed by atoms with van der Waals surface area (Å²) in [5.74, 6) is 3.51. The normalized spacial score (nSPS) is 16.4. The molecule has 12 nitrogen and oxygen atoms in total. The van der Waals surface area contributed by atoms with Gasteiger partial charge >= 0.3 is 6.16 Å². The maximum Gasteiger partial charge on any atom is 0.528 e. The second kappa shape index (κ2) is 15.7. The van der Waals surface area contributed by atoms with Crippen molar-refractivity contribution in [1.29, 1.82) is 0 Å². The number of hydrogen-bond donors (Lipinski definition) is 0. The number of rotatable bonds is 12. The fourth-order valence-corrected chi connectivity index (χ4v) is 6.19. The van der Waals surface area contributed by atoms with Gasteiger partial charge in [-0.25, -0.2) is 4.79 Å². The Hall–Kier alpha value is -5.33. The Kier molecular flexibility index (Phi) is 10.9. The molecule has 0 saturated carbocycles. The highest BCUT2D eigenvalue weighted by molar-refractivity contribution is 5.94. The number of fused-ring (bicyclic) bond motifs is 1. The van der Waals surface area contributed by atoms with Gasteiger partial charge in [0.25, 0.3) is 5.89 Å². The Morgan fingerprint density at radius 1 is 0.882 bits per heavy atom. The van der Waals surface area contributed by atoms with E-state index in [9.17, 15) is 4.79 Å². The number of benzene rings is 4. The van der Waals surface area contributed by atoms with Gasteiger partial charge in [-0.05, 0) is 63.1 Å². The summed E-state index contributed by atoms with van der Waals surface area (Å²) >= 11 is 0. The molecule has 2 unspecified atom stereocenters. The smallest absolute Gasteiger partial charge is 0.496 e. The van der Waals surface area contributed by atoms with E-state index in [-0.39, 0.29) is 25.2 Å². The van der Waals surface area contributed by atoms with Crippen LogP contribution in [0.3, 0.4) is 0 Å². The molecule has 51 heavy (non-hydrogen) atoms. The minimum absolute atomic E-state index is 0.00904. The van der Waals surface area contributed by atoms with E-state index in [0.717, 1.165) is 39.0 Å². The fraction of sp³-hybridized carbons (Fsp3) is 0.359. The van der Waals surface area contributed by atoms with Gasteiger partial charge in [-0.1, -0.05) is 53.7 Å². The summed E-state index contributed by atoms with van der Waals surface area (Å²) in [5.41, 5.74) is 1.96. The number of hydrogen-bond acceptors (Lipinski definition) is 12. The van der Waals surface area contributed by atoms with Gasteiger partial charge in [-0.3, -0.25) is 0 Å². The molecule has 0 spiro atoms. The van der Waals surface area contributed by atoms with Gasteiger partial charge < -0.3 is 37.8 Å². The van der Waals surface area contributed by atoms with Gasteiger partial charge in [-0.2, -0.15) is 4.98 Å². The van der Waals surface area contributed by atoms with Crippen molar-refractivity contribution in [1.82, 2.24) is 15.2 Å².